The molecule has 1 aromatic heterocycles. The summed E-state index contributed by atoms with van der Waals surface area (Å²) in [4.78, 5) is 16.7. The van der Waals surface area contributed by atoms with Gasteiger partial charge in [-0.05, 0) is 57.5 Å². The van der Waals surface area contributed by atoms with Crippen LogP contribution >= 0.6 is 0 Å². The molecule has 1 N–H and O–H groups in total. The first kappa shape index (κ1) is 19.9. The van der Waals surface area contributed by atoms with Crippen molar-refractivity contribution in [2.75, 3.05) is 7.11 Å². The molecule has 0 bridgehead atoms. The third kappa shape index (κ3) is 6.15. The first-order valence-electron chi connectivity index (χ1n) is 8.81. The lowest BCUT2D eigenvalue weighted by atomic mass is 10.0. The molecule has 2 aromatic rings. The van der Waals surface area contributed by atoms with Gasteiger partial charge >= 0.3 is 5.97 Å². The summed E-state index contributed by atoms with van der Waals surface area (Å²) in [5, 5.41) is 3.50. The average molecular weight is 356 g/mol. The number of hydrogen-bond donors (Lipinski definition) is 1. The summed E-state index contributed by atoms with van der Waals surface area (Å²) in [6.45, 7) is 7.67. The van der Waals surface area contributed by atoms with Crippen LogP contribution < -0.4 is 10.1 Å². The summed E-state index contributed by atoms with van der Waals surface area (Å²) in [5.74, 6) is 0.568. The van der Waals surface area contributed by atoms with Gasteiger partial charge in [-0.25, -0.2) is 0 Å². The summed E-state index contributed by atoms with van der Waals surface area (Å²) in [5.41, 5.74) is 1.42. The van der Waals surface area contributed by atoms with E-state index in [-0.39, 0.29) is 24.5 Å². The fraction of sp³-hybridized carbons (Fsp3) is 0.429. The first-order valence-corrected chi connectivity index (χ1v) is 8.81. The lowest BCUT2D eigenvalue weighted by Crippen LogP contribution is -2.31. The minimum atomic E-state index is -0.507. The topological polar surface area (TPSA) is 60.5 Å². The number of carbonyl (C=O) groups excluding carboxylic acids is 1. The molecule has 0 unspecified atom stereocenters. The Balaban J connectivity index is 2.14. The van der Waals surface area contributed by atoms with E-state index in [1.54, 1.807) is 13.3 Å². The van der Waals surface area contributed by atoms with E-state index in [9.17, 15) is 4.79 Å². The largest absolute Gasteiger partial charge is 0.497 e. The van der Waals surface area contributed by atoms with Crippen LogP contribution in [-0.2, 0) is 9.53 Å². The summed E-state index contributed by atoms with van der Waals surface area (Å²) in [6, 6.07) is 13.4. The Kier molecular flexibility index (Phi) is 6.75. The third-order valence-corrected chi connectivity index (χ3v) is 3.90. The van der Waals surface area contributed by atoms with E-state index in [2.05, 4.69) is 17.2 Å². The number of esters is 1. The van der Waals surface area contributed by atoms with E-state index in [0.29, 0.717) is 0 Å². The number of pyridine rings is 1. The molecule has 140 valence electrons. The highest BCUT2D eigenvalue weighted by Gasteiger charge is 2.24. The van der Waals surface area contributed by atoms with Crippen LogP contribution in [0.3, 0.4) is 0 Å². The summed E-state index contributed by atoms with van der Waals surface area (Å²) in [6.07, 6.45) is 1.95. The molecule has 0 aliphatic heterocycles. The van der Waals surface area contributed by atoms with Crippen molar-refractivity contribution in [1.29, 1.82) is 0 Å². The molecule has 2 atom stereocenters. The van der Waals surface area contributed by atoms with E-state index >= 15 is 0 Å². The Hall–Kier alpha value is -2.40. The molecule has 1 aromatic carbocycles. The fourth-order valence-electron chi connectivity index (χ4n) is 2.67. The lowest BCUT2D eigenvalue weighted by molar-refractivity contribution is -0.155. The molecule has 2 rings (SSSR count). The zero-order chi connectivity index (χ0) is 19.2. The number of rotatable bonds is 7. The SMILES string of the molecule is COc1ccc([C@@H](C)N[C@H](CC(=O)OC(C)(C)C)c2ccccn2)cc1. The number of aromatic nitrogens is 1. The maximum Gasteiger partial charge on any atom is 0.308 e. The van der Waals surface area contributed by atoms with Crippen LogP contribution in [0, 0.1) is 0 Å². The molecule has 0 saturated carbocycles. The molecular formula is C21H28N2O3. The van der Waals surface area contributed by atoms with Crippen molar-refractivity contribution in [3.63, 3.8) is 0 Å². The number of methoxy groups -OCH3 is 1. The van der Waals surface area contributed by atoms with Crippen LogP contribution in [0.5, 0.6) is 5.75 Å². The minimum absolute atomic E-state index is 0.0374. The molecule has 0 amide bonds. The molecular weight excluding hydrogens is 328 g/mol. The van der Waals surface area contributed by atoms with E-state index < -0.39 is 5.60 Å². The Morgan fingerprint density at radius 3 is 2.38 bits per heavy atom. The molecule has 5 heteroatoms. The molecule has 0 aliphatic rings. The van der Waals surface area contributed by atoms with E-state index in [1.807, 2.05) is 63.2 Å². The third-order valence-electron chi connectivity index (χ3n) is 3.90. The smallest absolute Gasteiger partial charge is 0.308 e. The molecule has 0 fully saturated rings. The van der Waals surface area contributed by atoms with Gasteiger partial charge in [-0.3, -0.25) is 9.78 Å². The standard InChI is InChI=1S/C21H28N2O3/c1-15(16-9-11-17(25-5)12-10-16)23-19(18-8-6-7-13-22-18)14-20(24)26-21(2,3)4/h6-13,15,19,23H,14H2,1-5H3/t15-,19-/m1/s1. The van der Waals surface area contributed by atoms with Crippen LogP contribution in [0.4, 0.5) is 0 Å². The van der Waals surface area contributed by atoms with Crippen molar-refractivity contribution in [3.05, 3.63) is 59.9 Å². The molecule has 26 heavy (non-hydrogen) atoms. The van der Waals surface area contributed by atoms with Crippen molar-refractivity contribution < 1.29 is 14.3 Å². The van der Waals surface area contributed by atoms with Crippen molar-refractivity contribution >= 4 is 5.97 Å². The van der Waals surface area contributed by atoms with Gasteiger partial charge in [0.1, 0.15) is 11.4 Å². The highest BCUT2D eigenvalue weighted by atomic mass is 16.6. The second-order valence-corrected chi connectivity index (χ2v) is 7.26. The Morgan fingerprint density at radius 1 is 1.15 bits per heavy atom. The molecule has 5 nitrogen and oxygen atoms in total. The molecule has 0 radical (unpaired) electrons. The number of carbonyl (C=O) groups is 1. The second-order valence-electron chi connectivity index (χ2n) is 7.26. The fourth-order valence-corrected chi connectivity index (χ4v) is 2.67. The molecule has 0 spiro atoms. The molecule has 0 saturated heterocycles. The van der Waals surface area contributed by atoms with Crippen molar-refractivity contribution in [1.82, 2.24) is 10.3 Å². The van der Waals surface area contributed by atoms with Crippen molar-refractivity contribution in [2.24, 2.45) is 0 Å². The van der Waals surface area contributed by atoms with Crippen molar-refractivity contribution in [2.45, 2.75) is 51.8 Å². The highest BCUT2D eigenvalue weighted by molar-refractivity contribution is 5.70. The van der Waals surface area contributed by atoms with Gasteiger partial charge in [0.25, 0.3) is 0 Å². The lowest BCUT2D eigenvalue weighted by Gasteiger charge is -2.25. The molecule has 1 heterocycles. The van der Waals surface area contributed by atoms with Crippen LogP contribution in [-0.4, -0.2) is 23.7 Å². The Bertz CT molecular complexity index is 693. The van der Waals surface area contributed by atoms with Crippen LogP contribution in [0.25, 0.3) is 0 Å². The number of benzene rings is 1. The molecule has 0 aliphatic carbocycles. The Labute approximate surface area is 155 Å². The minimum Gasteiger partial charge on any atom is -0.497 e. The predicted molar refractivity (Wildman–Crippen MR) is 102 cm³/mol. The van der Waals surface area contributed by atoms with Crippen LogP contribution in [0.15, 0.2) is 48.7 Å². The van der Waals surface area contributed by atoms with Gasteiger partial charge in [0.2, 0.25) is 0 Å². The van der Waals surface area contributed by atoms with Crippen molar-refractivity contribution in [3.8, 4) is 5.75 Å². The van der Waals surface area contributed by atoms with Crippen LogP contribution in [0.2, 0.25) is 0 Å². The number of ether oxygens (including phenoxy) is 2. The number of hydrogen-bond acceptors (Lipinski definition) is 5. The Morgan fingerprint density at radius 2 is 1.85 bits per heavy atom. The van der Waals surface area contributed by atoms with Gasteiger partial charge in [0.15, 0.2) is 0 Å². The summed E-state index contributed by atoms with van der Waals surface area (Å²) in [7, 11) is 1.65. The predicted octanol–water partition coefficient (Wildman–Crippen LogP) is 4.21. The monoisotopic (exact) mass is 356 g/mol. The maximum atomic E-state index is 12.3. The van der Waals surface area contributed by atoms with Gasteiger partial charge in [0, 0.05) is 12.2 Å². The maximum absolute atomic E-state index is 12.3. The summed E-state index contributed by atoms with van der Waals surface area (Å²) < 4.78 is 10.7. The first-order chi connectivity index (χ1) is 12.3. The van der Waals surface area contributed by atoms with E-state index in [0.717, 1.165) is 17.0 Å². The summed E-state index contributed by atoms with van der Waals surface area (Å²) >= 11 is 0. The average Bonchev–Trinajstić information content (AvgIpc) is 2.60. The highest BCUT2D eigenvalue weighted by Crippen LogP contribution is 2.24. The van der Waals surface area contributed by atoms with Crippen LogP contribution in [0.1, 0.15) is 57.5 Å². The second kappa shape index (κ2) is 8.81. The van der Waals surface area contributed by atoms with Gasteiger partial charge in [-0.15, -0.1) is 0 Å². The van der Waals surface area contributed by atoms with Gasteiger partial charge < -0.3 is 14.8 Å². The van der Waals surface area contributed by atoms with Gasteiger partial charge in [-0.1, -0.05) is 18.2 Å². The number of nitrogens with one attached hydrogen (secondary N) is 1. The van der Waals surface area contributed by atoms with Gasteiger partial charge in [0.05, 0.1) is 25.3 Å². The van der Waals surface area contributed by atoms with Gasteiger partial charge in [-0.2, -0.15) is 0 Å². The van der Waals surface area contributed by atoms with E-state index in [4.69, 9.17) is 9.47 Å². The quantitative estimate of drug-likeness (QED) is 0.753. The zero-order valence-corrected chi connectivity index (χ0v) is 16.2. The normalized spacial score (nSPS) is 13.7. The zero-order valence-electron chi connectivity index (χ0n) is 16.2. The number of nitrogens with zero attached hydrogens (tertiary/aromatic N) is 1. The van der Waals surface area contributed by atoms with E-state index in [1.165, 1.54) is 0 Å².